The van der Waals surface area contributed by atoms with E-state index >= 15 is 0 Å². The molecule has 78 valence electrons. The molecule has 0 fully saturated rings. The summed E-state index contributed by atoms with van der Waals surface area (Å²) in [7, 11) is 0. The van der Waals surface area contributed by atoms with E-state index in [1.807, 2.05) is 13.8 Å². The fraction of sp³-hybridized carbons (Fsp3) is 0.400. The highest BCUT2D eigenvalue weighted by atomic mass is 79.9. The highest BCUT2D eigenvalue weighted by molar-refractivity contribution is 9.10. The lowest BCUT2D eigenvalue weighted by molar-refractivity contribution is -0.138. The van der Waals surface area contributed by atoms with E-state index in [1.54, 1.807) is 6.07 Å². The molecular weight excluding hydrogens is 257 g/mol. The molecule has 1 rings (SSSR count). The number of halogens is 4. The van der Waals surface area contributed by atoms with Gasteiger partial charge in [0.1, 0.15) is 0 Å². The van der Waals surface area contributed by atoms with Crippen molar-refractivity contribution in [3.8, 4) is 0 Å². The van der Waals surface area contributed by atoms with Gasteiger partial charge in [0.15, 0.2) is 0 Å². The minimum atomic E-state index is -4.29. The Morgan fingerprint density at radius 1 is 1.21 bits per heavy atom. The normalized spacial score (nSPS) is 12.2. The quantitative estimate of drug-likeness (QED) is 0.698. The fourth-order valence-corrected chi connectivity index (χ4v) is 1.59. The van der Waals surface area contributed by atoms with E-state index in [0.717, 1.165) is 0 Å². The first-order chi connectivity index (χ1) is 6.32. The smallest absolute Gasteiger partial charge is 0.166 e. The average Bonchev–Trinajstić information content (AvgIpc) is 2.02. The van der Waals surface area contributed by atoms with Crippen LogP contribution in [0.4, 0.5) is 13.2 Å². The van der Waals surface area contributed by atoms with Crippen molar-refractivity contribution in [2.75, 3.05) is 0 Å². The van der Waals surface area contributed by atoms with Crippen LogP contribution in [0.5, 0.6) is 0 Å². The first kappa shape index (κ1) is 11.6. The third-order valence-corrected chi connectivity index (χ3v) is 2.65. The molecule has 0 amide bonds. The first-order valence-electron chi connectivity index (χ1n) is 4.19. The number of hydrogen-bond acceptors (Lipinski definition) is 0. The minimum Gasteiger partial charge on any atom is -0.166 e. The van der Waals surface area contributed by atoms with Crippen LogP contribution >= 0.6 is 15.9 Å². The monoisotopic (exact) mass is 266 g/mol. The van der Waals surface area contributed by atoms with E-state index in [4.69, 9.17) is 0 Å². The molecule has 0 nitrogen and oxygen atoms in total. The van der Waals surface area contributed by atoms with Gasteiger partial charge in [-0.1, -0.05) is 35.8 Å². The molecule has 0 saturated heterocycles. The van der Waals surface area contributed by atoms with Crippen LogP contribution in [0.15, 0.2) is 22.7 Å². The predicted octanol–water partition coefficient (Wildman–Crippen LogP) is 4.59. The predicted molar refractivity (Wildman–Crippen MR) is 53.2 cm³/mol. The fourth-order valence-electron chi connectivity index (χ4n) is 1.12. The maximum absolute atomic E-state index is 12.5. The van der Waals surface area contributed by atoms with Crippen LogP contribution in [0.1, 0.15) is 30.9 Å². The van der Waals surface area contributed by atoms with Gasteiger partial charge in [-0.2, -0.15) is 13.2 Å². The van der Waals surface area contributed by atoms with Gasteiger partial charge in [-0.05, 0) is 23.6 Å². The van der Waals surface area contributed by atoms with Gasteiger partial charge in [0.05, 0.1) is 5.56 Å². The second-order valence-electron chi connectivity index (χ2n) is 3.39. The number of benzene rings is 1. The summed E-state index contributed by atoms with van der Waals surface area (Å²) >= 11 is 2.90. The van der Waals surface area contributed by atoms with Gasteiger partial charge in [0, 0.05) is 4.47 Å². The third kappa shape index (κ3) is 2.50. The Morgan fingerprint density at radius 2 is 1.79 bits per heavy atom. The molecule has 0 saturated carbocycles. The molecule has 14 heavy (non-hydrogen) atoms. The van der Waals surface area contributed by atoms with E-state index in [9.17, 15) is 13.2 Å². The number of hydrogen-bond donors (Lipinski definition) is 0. The van der Waals surface area contributed by atoms with Crippen LogP contribution in [0.25, 0.3) is 0 Å². The van der Waals surface area contributed by atoms with Crippen molar-refractivity contribution in [3.63, 3.8) is 0 Å². The summed E-state index contributed by atoms with van der Waals surface area (Å²) in [6.07, 6.45) is -4.29. The summed E-state index contributed by atoms with van der Waals surface area (Å²) in [5, 5.41) is 0. The zero-order valence-corrected chi connectivity index (χ0v) is 9.41. The summed E-state index contributed by atoms with van der Waals surface area (Å²) in [6.45, 7) is 3.73. The summed E-state index contributed by atoms with van der Waals surface area (Å²) in [5.41, 5.74) is 0.0872. The Balaban J connectivity index is 3.22. The number of alkyl halides is 3. The van der Waals surface area contributed by atoms with Crippen LogP contribution in [-0.4, -0.2) is 0 Å². The Bertz CT molecular complexity index is 329. The minimum absolute atomic E-state index is 0.0920. The average molecular weight is 267 g/mol. The van der Waals surface area contributed by atoms with Crippen molar-refractivity contribution in [3.05, 3.63) is 33.8 Å². The zero-order chi connectivity index (χ0) is 10.9. The molecule has 4 heteroatoms. The maximum Gasteiger partial charge on any atom is 0.417 e. The first-order valence-corrected chi connectivity index (χ1v) is 4.98. The van der Waals surface area contributed by atoms with Gasteiger partial charge in [0.25, 0.3) is 0 Å². The lowest BCUT2D eigenvalue weighted by Crippen LogP contribution is -2.07. The molecule has 0 atom stereocenters. The largest absolute Gasteiger partial charge is 0.417 e. The van der Waals surface area contributed by atoms with Gasteiger partial charge in [-0.3, -0.25) is 0 Å². The molecule has 0 N–H and O–H groups in total. The van der Waals surface area contributed by atoms with E-state index < -0.39 is 11.7 Å². The van der Waals surface area contributed by atoms with Gasteiger partial charge < -0.3 is 0 Å². The maximum atomic E-state index is 12.5. The van der Waals surface area contributed by atoms with Crippen molar-refractivity contribution in [2.45, 2.75) is 25.9 Å². The third-order valence-electron chi connectivity index (χ3n) is 1.96. The molecule has 1 aromatic rings. The Hall–Kier alpha value is -0.510. The topological polar surface area (TPSA) is 0 Å². The second kappa shape index (κ2) is 3.93. The molecular formula is C10H10BrF3. The summed E-state index contributed by atoms with van der Waals surface area (Å²) in [6, 6.07) is 4.33. The summed E-state index contributed by atoms with van der Waals surface area (Å²) < 4.78 is 37.5. The van der Waals surface area contributed by atoms with Crippen LogP contribution in [0.3, 0.4) is 0 Å². The van der Waals surface area contributed by atoms with Crippen molar-refractivity contribution in [2.24, 2.45) is 0 Å². The van der Waals surface area contributed by atoms with Crippen molar-refractivity contribution >= 4 is 15.9 Å². The SMILES string of the molecule is CC(C)c1ccc(Br)c(C(F)(F)F)c1. The van der Waals surface area contributed by atoms with Crippen LogP contribution < -0.4 is 0 Å². The van der Waals surface area contributed by atoms with Gasteiger partial charge in [-0.25, -0.2) is 0 Å². The van der Waals surface area contributed by atoms with Crippen LogP contribution in [0, 0.1) is 0 Å². The molecule has 0 aliphatic rings. The molecule has 0 aliphatic carbocycles. The molecule has 0 unspecified atom stereocenters. The summed E-state index contributed by atoms with van der Waals surface area (Å²) in [4.78, 5) is 0. The zero-order valence-electron chi connectivity index (χ0n) is 7.82. The van der Waals surface area contributed by atoms with Crippen molar-refractivity contribution in [1.29, 1.82) is 0 Å². The Kier molecular flexibility index (Phi) is 3.24. The Labute approximate surface area is 89.3 Å². The second-order valence-corrected chi connectivity index (χ2v) is 4.25. The highest BCUT2D eigenvalue weighted by Crippen LogP contribution is 2.36. The van der Waals surface area contributed by atoms with Gasteiger partial charge in [-0.15, -0.1) is 0 Å². The highest BCUT2D eigenvalue weighted by Gasteiger charge is 2.33. The molecule has 0 aromatic heterocycles. The van der Waals surface area contributed by atoms with E-state index in [1.165, 1.54) is 12.1 Å². The molecule has 0 aliphatic heterocycles. The van der Waals surface area contributed by atoms with Gasteiger partial charge >= 0.3 is 6.18 Å². The van der Waals surface area contributed by atoms with Crippen molar-refractivity contribution < 1.29 is 13.2 Å². The van der Waals surface area contributed by atoms with E-state index in [0.29, 0.717) is 5.56 Å². The standard InChI is InChI=1S/C10H10BrF3/c1-6(2)7-3-4-9(11)8(5-7)10(12,13)14/h3-6H,1-2H3. The Morgan fingerprint density at radius 3 is 2.21 bits per heavy atom. The molecule has 1 aromatic carbocycles. The number of rotatable bonds is 1. The molecule has 0 radical (unpaired) electrons. The van der Waals surface area contributed by atoms with Gasteiger partial charge in [0.2, 0.25) is 0 Å². The van der Waals surface area contributed by atoms with E-state index in [2.05, 4.69) is 15.9 Å². The molecule has 0 heterocycles. The van der Waals surface area contributed by atoms with Crippen molar-refractivity contribution in [1.82, 2.24) is 0 Å². The lowest BCUT2D eigenvalue weighted by atomic mass is 10.0. The lowest BCUT2D eigenvalue weighted by Gasteiger charge is -2.12. The molecule has 0 bridgehead atoms. The van der Waals surface area contributed by atoms with Crippen LogP contribution in [0.2, 0.25) is 0 Å². The van der Waals surface area contributed by atoms with Crippen LogP contribution in [-0.2, 0) is 6.18 Å². The molecule has 0 spiro atoms. The van der Waals surface area contributed by atoms with E-state index in [-0.39, 0.29) is 10.4 Å². The summed E-state index contributed by atoms with van der Waals surface area (Å²) in [5.74, 6) is 0.101.